The number of hydrogen-bond donors (Lipinski definition) is 3. The molecule has 0 bridgehead atoms. The van der Waals surface area contributed by atoms with E-state index < -0.39 is 23.4 Å². The SMILES string of the molecule is CCc1nnc(NC(=O)Nc2cccc(F)c2C(=O)O)s1. The molecule has 0 unspecified atom stereocenters. The Hall–Kier alpha value is -2.55. The molecule has 0 spiro atoms. The van der Waals surface area contributed by atoms with Crippen molar-refractivity contribution in [1.29, 1.82) is 0 Å². The number of hydrogen-bond acceptors (Lipinski definition) is 5. The van der Waals surface area contributed by atoms with Gasteiger partial charge >= 0.3 is 12.0 Å². The predicted molar refractivity (Wildman–Crippen MR) is 75.3 cm³/mol. The number of nitrogens with one attached hydrogen (secondary N) is 2. The number of anilines is 2. The third-order valence-corrected chi connectivity index (χ3v) is 3.45. The fourth-order valence-electron chi connectivity index (χ4n) is 1.54. The molecule has 21 heavy (non-hydrogen) atoms. The number of carbonyl (C=O) groups is 2. The molecule has 2 amide bonds. The van der Waals surface area contributed by atoms with Gasteiger partial charge in [0.05, 0.1) is 5.69 Å². The van der Waals surface area contributed by atoms with E-state index in [1.165, 1.54) is 23.5 Å². The average molecular weight is 310 g/mol. The van der Waals surface area contributed by atoms with Gasteiger partial charge in [-0.05, 0) is 18.6 Å². The van der Waals surface area contributed by atoms with Crippen LogP contribution in [0.1, 0.15) is 22.3 Å². The van der Waals surface area contributed by atoms with Crippen LogP contribution in [0, 0.1) is 5.82 Å². The van der Waals surface area contributed by atoms with Gasteiger partial charge in [0.2, 0.25) is 5.13 Å². The zero-order chi connectivity index (χ0) is 15.4. The van der Waals surface area contributed by atoms with Gasteiger partial charge in [0, 0.05) is 0 Å². The van der Waals surface area contributed by atoms with Gasteiger partial charge in [-0.1, -0.05) is 24.3 Å². The van der Waals surface area contributed by atoms with E-state index in [2.05, 4.69) is 20.8 Å². The van der Waals surface area contributed by atoms with Crippen molar-refractivity contribution in [2.45, 2.75) is 13.3 Å². The molecule has 1 aromatic heterocycles. The first-order chi connectivity index (χ1) is 10.0. The number of carboxylic acid groups (broad SMARTS) is 1. The summed E-state index contributed by atoms with van der Waals surface area (Å²) in [4.78, 5) is 22.8. The van der Waals surface area contributed by atoms with Crippen LogP contribution in [0.3, 0.4) is 0 Å². The third kappa shape index (κ3) is 3.51. The molecule has 110 valence electrons. The number of aryl methyl sites for hydroxylation is 1. The van der Waals surface area contributed by atoms with Crippen molar-refractivity contribution in [1.82, 2.24) is 10.2 Å². The molecule has 1 heterocycles. The predicted octanol–water partition coefficient (Wildman–Crippen LogP) is 2.58. The first-order valence-corrected chi connectivity index (χ1v) is 6.75. The Kier molecular flexibility index (Phi) is 4.43. The van der Waals surface area contributed by atoms with Crippen molar-refractivity contribution in [2.24, 2.45) is 0 Å². The topological polar surface area (TPSA) is 104 Å². The summed E-state index contributed by atoms with van der Waals surface area (Å²) < 4.78 is 13.5. The van der Waals surface area contributed by atoms with Crippen molar-refractivity contribution >= 4 is 34.2 Å². The summed E-state index contributed by atoms with van der Waals surface area (Å²) in [5.41, 5.74) is -0.737. The largest absolute Gasteiger partial charge is 0.478 e. The number of urea groups is 1. The molecular weight excluding hydrogens is 299 g/mol. The lowest BCUT2D eigenvalue weighted by Crippen LogP contribution is -2.21. The Balaban J connectivity index is 2.13. The van der Waals surface area contributed by atoms with Gasteiger partial charge in [0.1, 0.15) is 16.4 Å². The van der Waals surface area contributed by atoms with Crippen LogP contribution in [0.5, 0.6) is 0 Å². The number of aromatic nitrogens is 2. The number of benzene rings is 1. The lowest BCUT2D eigenvalue weighted by molar-refractivity contribution is 0.0693. The van der Waals surface area contributed by atoms with Gasteiger partial charge < -0.3 is 10.4 Å². The smallest absolute Gasteiger partial charge is 0.340 e. The molecule has 2 rings (SSSR count). The molecule has 3 N–H and O–H groups in total. The van der Waals surface area contributed by atoms with E-state index in [1.807, 2.05) is 6.92 Å². The van der Waals surface area contributed by atoms with Crippen molar-refractivity contribution in [3.05, 3.63) is 34.6 Å². The minimum atomic E-state index is -1.47. The van der Waals surface area contributed by atoms with E-state index in [4.69, 9.17) is 5.11 Å². The van der Waals surface area contributed by atoms with Crippen molar-refractivity contribution < 1.29 is 19.1 Å². The molecule has 1 aromatic carbocycles. The minimum Gasteiger partial charge on any atom is -0.478 e. The van der Waals surface area contributed by atoms with Crippen LogP contribution in [0.4, 0.5) is 20.0 Å². The van der Waals surface area contributed by atoms with Crippen molar-refractivity contribution in [3.8, 4) is 0 Å². The van der Waals surface area contributed by atoms with Gasteiger partial charge in [-0.25, -0.2) is 14.0 Å². The van der Waals surface area contributed by atoms with Crippen LogP contribution in [0.2, 0.25) is 0 Å². The lowest BCUT2D eigenvalue weighted by Gasteiger charge is -2.08. The summed E-state index contributed by atoms with van der Waals surface area (Å²) in [5, 5.41) is 22.2. The zero-order valence-corrected chi connectivity index (χ0v) is 11.7. The van der Waals surface area contributed by atoms with Crippen LogP contribution in [0.25, 0.3) is 0 Å². The second kappa shape index (κ2) is 6.27. The maximum absolute atomic E-state index is 13.5. The quantitative estimate of drug-likeness (QED) is 0.805. The number of halogens is 1. The Labute approximate surface area is 122 Å². The Morgan fingerprint density at radius 1 is 1.33 bits per heavy atom. The number of rotatable bonds is 4. The van der Waals surface area contributed by atoms with E-state index in [-0.39, 0.29) is 10.8 Å². The summed E-state index contributed by atoms with van der Waals surface area (Å²) in [6.07, 6.45) is 0.689. The Morgan fingerprint density at radius 2 is 2.10 bits per heavy atom. The molecule has 0 saturated heterocycles. The number of aromatic carboxylic acids is 1. The Morgan fingerprint density at radius 3 is 2.71 bits per heavy atom. The summed E-state index contributed by atoms with van der Waals surface area (Å²) >= 11 is 1.20. The third-order valence-electron chi connectivity index (χ3n) is 2.47. The number of nitrogens with zero attached hydrogens (tertiary/aromatic N) is 2. The highest BCUT2D eigenvalue weighted by atomic mass is 32.1. The zero-order valence-electron chi connectivity index (χ0n) is 10.9. The fourth-order valence-corrected chi connectivity index (χ4v) is 2.22. The molecule has 0 aliphatic rings. The van der Waals surface area contributed by atoms with E-state index in [9.17, 15) is 14.0 Å². The molecular formula is C12H11FN4O3S. The highest BCUT2D eigenvalue weighted by molar-refractivity contribution is 7.15. The molecule has 0 atom stereocenters. The average Bonchev–Trinajstić information content (AvgIpc) is 2.85. The fraction of sp³-hybridized carbons (Fsp3) is 0.167. The van der Waals surface area contributed by atoms with Gasteiger partial charge in [0.15, 0.2) is 0 Å². The second-order valence-electron chi connectivity index (χ2n) is 3.90. The van der Waals surface area contributed by atoms with Gasteiger partial charge in [-0.3, -0.25) is 5.32 Å². The van der Waals surface area contributed by atoms with Crippen molar-refractivity contribution in [3.63, 3.8) is 0 Å². The van der Waals surface area contributed by atoms with Crippen LogP contribution in [0.15, 0.2) is 18.2 Å². The summed E-state index contributed by atoms with van der Waals surface area (Å²) in [5.74, 6) is -2.39. The maximum Gasteiger partial charge on any atom is 0.340 e. The second-order valence-corrected chi connectivity index (χ2v) is 4.96. The number of carbonyl (C=O) groups excluding carboxylic acids is 1. The maximum atomic E-state index is 13.5. The van der Waals surface area contributed by atoms with Crippen LogP contribution >= 0.6 is 11.3 Å². The normalized spacial score (nSPS) is 10.2. The van der Waals surface area contributed by atoms with Gasteiger partial charge in [-0.2, -0.15) is 0 Å². The summed E-state index contributed by atoms with van der Waals surface area (Å²) in [7, 11) is 0. The van der Waals surface area contributed by atoms with E-state index >= 15 is 0 Å². The van der Waals surface area contributed by atoms with E-state index in [0.29, 0.717) is 6.42 Å². The molecule has 0 fully saturated rings. The van der Waals surface area contributed by atoms with Crippen LogP contribution in [-0.4, -0.2) is 27.3 Å². The monoisotopic (exact) mass is 310 g/mol. The Bertz CT molecular complexity index is 689. The van der Waals surface area contributed by atoms with Crippen LogP contribution in [-0.2, 0) is 6.42 Å². The molecule has 0 radical (unpaired) electrons. The first kappa shape index (κ1) is 14.9. The van der Waals surface area contributed by atoms with Crippen molar-refractivity contribution in [2.75, 3.05) is 10.6 Å². The number of amides is 2. The number of carboxylic acids is 1. The standard InChI is InChI=1S/C12H11FN4O3S/c1-2-8-16-17-12(21-8)15-11(20)14-7-5-3-4-6(13)9(7)10(18)19/h3-5H,2H2,1H3,(H,18,19)(H2,14,15,17,20). The summed E-state index contributed by atoms with van der Waals surface area (Å²) in [6.45, 7) is 1.90. The molecule has 0 aliphatic heterocycles. The molecule has 0 aliphatic carbocycles. The molecule has 9 heteroatoms. The van der Waals surface area contributed by atoms with Gasteiger partial charge in [-0.15, -0.1) is 10.2 Å². The van der Waals surface area contributed by atoms with E-state index in [0.717, 1.165) is 11.1 Å². The van der Waals surface area contributed by atoms with Gasteiger partial charge in [0.25, 0.3) is 0 Å². The molecule has 2 aromatic rings. The first-order valence-electron chi connectivity index (χ1n) is 5.93. The minimum absolute atomic E-state index is 0.139. The summed E-state index contributed by atoms with van der Waals surface area (Å²) in [6, 6.07) is 2.88. The molecule has 0 saturated carbocycles. The highest BCUT2D eigenvalue weighted by Gasteiger charge is 2.17. The lowest BCUT2D eigenvalue weighted by atomic mass is 10.1. The van der Waals surface area contributed by atoms with E-state index in [1.54, 1.807) is 0 Å². The highest BCUT2D eigenvalue weighted by Crippen LogP contribution is 2.20. The van der Waals surface area contributed by atoms with Crippen LogP contribution < -0.4 is 10.6 Å². The molecule has 7 nitrogen and oxygen atoms in total.